The Morgan fingerprint density at radius 2 is 1.80 bits per heavy atom. The SMILES string of the molecule is Br.CCCCl. The van der Waals surface area contributed by atoms with Crippen molar-refractivity contribution < 1.29 is 0 Å². The van der Waals surface area contributed by atoms with Gasteiger partial charge in [0, 0.05) is 5.88 Å². The van der Waals surface area contributed by atoms with E-state index in [1.54, 1.807) is 0 Å². The van der Waals surface area contributed by atoms with Gasteiger partial charge in [0.25, 0.3) is 0 Å². The zero-order valence-corrected chi connectivity index (χ0v) is 5.67. The molecule has 0 fully saturated rings. The first-order chi connectivity index (χ1) is 1.91. The minimum atomic E-state index is 0. The van der Waals surface area contributed by atoms with Gasteiger partial charge in [-0.25, -0.2) is 0 Å². The zero-order valence-electron chi connectivity index (χ0n) is 3.20. The molecule has 5 heavy (non-hydrogen) atoms. The van der Waals surface area contributed by atoms with Crippen molar-refractivity contribution in [3.8, 4) is 0 Å². The lowest BCUT2D eigenvalue weighted by atomic mass is 10.6. The van der Waals surface area contributed by atoms with Crippen LogP contribution in [0.1, 0.15) is 13.3 Å². The molecule has 0 rings (SSSR count). The van der Waals surface area contributed by atoms with E-state index in [-0.39, 0.29) is 17.0 Å². The molecule has 0 aliphatic heterocycles. The molecule has 0 aliphatic carbocycles. The smallest absolute Gasteiger partial charge is 0.0220 e. The maximum atomic E-state index is 5.19. The Morgan fingerprint density at radius 3 is 1.80 bits per heavy atom. The Kier molecular flexibility index (Phi) is 16.3. The summed E-state index contributed by atoms with van der Waals surface area (Å²) in [6, 6.07) is 0. The van der Waals surface area contributed by atoms with Crippen LogP contribution >= 0.6 is 28.6 Å². The average Bonchev–Trinajstić information content (AvgIpc) is 1.37. The Labute approximate surface area is 48.3 Å². The second-order valence-electron chi connectivity index (χ2n) is 0.689. The van der Waals surface area contributed by atoms with Crippen LogP contribution in [-0.4, -0.2) is 5.88 Å². The highest BCUT2D eigenvalue weighted by Crippen LogP contribution is 1.75. The molecule has 0 bridgehead atoms. The van der Waals surface area contributed by atoms with Crippen molar-refractivity contribution in [1.82, 2.24) is 0 Å². The molecule has 0 saturated carbocycles. The zero-order chi connectivity index (χ0) is 3.41. The summed E-state index contributed by atoms with van der Waals surface area (Å²) in [7, 11) is 0. The molecule has 0 nitrogen and oxygen atoms in total. The lowest BCUT2D eigenvalue weighted by Gasteiger charge is -1.65. The highest BCUT2D eigenvalue weighted by Gasteiger charge is 1.59. The van der Waals surface area contributed by atoms with E-state index in [9.17, 15) is 0 Å². The van der Waals surface area contributed by atoms with E-state index in [2.05, 4.69) is 0 Å². The fraction of sp³-hybridized carbons (Fsp3) is 1.00. The molecule has 0 unspecified atom stereocenters. The van der Waals surface area contributed by atoms with Gasteiger partial charge >= 0.3 is 0 Å². The third-order valence-corrected chi connectivity index (χ3v) is 0.567. The molecule has 0 N–H and O–H groups in total. The number of hydrogen-bond donors (Lipinski definition) is 0. The first-order valence-electron chi connectivity index (χ1n) is 1.47. The van der Waals surface area contributed by atoms with Crippen LogP contribution in [0.4, 0.5) is 0 Å². The fourth-order valence-electron chi connectivity index (χ4n) is 0. The Morgan fingerprint density at radius 1 is 1.60 bits per heavy atom. The summed E-state index contributed by atoms with van der Waals surface area (Å²) in [4.78, 5) is 0. The molecule has 0 aromatic heterocycles. The monoisotopic (exact) mass is 158 g/mol. The summed E-state index contributed by atoms with van der Waals surface area (Å²) < 4.78 is 0. The van der Waals surface area contributed by atoms with Crippen LogP contribution in [-0.2, 0) is 0 Å². The van der Waals surface area contributed by atoms with Gasteiger partial charge in [-0.15, -0.1) is 28.6 Å². The Hall–Kier alpha value is 0.770. The molecule has 34 valence electrons. The van der Waals surface area contributed by atoms with Crippen molar-refractivity contribution in [1.29, 1.82) is 0 Å². The second-order valence-corrected chi connectivity index (χ2v) is 1.07. The molecule has 0 aromatic rings. The maximum absolute atomic E-state index is 5.19. The third kappa shape index (κ3) is 11.7. The van der Waals surface area contributed by atoms with Crippen LogP contribution in [0.5, 0.6) is 0 Å². The quantitative estimate of drug-likeness (QED) is 0.515. The van der Waals surface area contributed by atoms with E-state index in [0.717, 1.165) is 12.3 Å². The average molecular weight is 159 g/mol. The summed E-state index contributed by atoms with van der Waals surface area (Å²) in [6.07, 6.45) is 1.08. The molecule has 0 aliphatic rings. The van der Waals surface area contributed by atoms with Gasteiger partial charge in [-0.2, -0.15) is 0 Å². The lowest BCUT2D eigenvalue weighted by molar-refractivity contribution is 1.10. The Balaban J connectivity index is 0. The molecule has 0 heterocycles. The van der Waals surface area contributed by atoms with E-state index < -0.39 is 0 Å². The largest absolute Gasteiger partial charge is 0.127 e. The first-order valence-corrected chi connectivity index (χ1v) is 2.01. The van der Waals surface area contributed by atoms with E-state index in [1.807, 2.05) is 6.92 Å². The molecule has 0 aromatic carbocycles. The number of halogens is 2. The van der Waals surface area contributed by atoms with E-state index >= 15 is 0 Å². The molecular weight excluding hydrogens is 151 g/mol. The Bertz CT molecular complexity index is 8.85. The minimum Gasteiger partial charge on any atom is -0.127 e. The summed E-state index contributed by atoms with van der Waals surface area (Å²) in [6.45, 7) is 2.05. The summed E-state index contributed by atoms with van der Waals surface area (Å²) in [5, 5.41) is 0. The van der Waals surface area contributed by atoms with Crippen molar-refractivity contribution in [3.63, 3.8) is 0 Å². The van der Waals surface area contributed by atoms with Gasteiger partial charge in [0.05, 0.1) is 0 Å². The maximum Gasteiger partial charge on any atom is 0.0220 e. The van der Waals surface area contributed by atoms with Gasteiger partial charge in [-0.1, -0.05) is 6.92 Å². The van der Waals surface area contributed by atoms with Gasteiger partial charge in [0.2, 0.25) is 0 Å². The highest BCUT2D eigenvalue weighted by atomic mass is 79.9. The predicted octanol–water partition coefficient (Wildman–Crippen LogP) is 2.21. The first kappa shape index (κ1) is 9.24. The molecule has 0 radical (unpaired) electrons. The number of rotatable bonds is 1. The highest BCUT2D eigenvalue weighted by molar-refractivity contribution is 8.93. The van der Waals surface area contributed by atoms with Crippen molar-refractivity contribution in [2.45, 2.75) is 13.3 Å². The van der Waals surface area contributed by atoms with E-state index in [4.69, 9.17) is 11.6 Å². The topological polar surface area (TPSA) is 0 Å². The van der Waals surface area contributed by atoms with Crippen LogP contribution in [0.3, 0.4) is 0 Å². The molecule has 0 atom stereocenters. The minimum absolute atomic E-state index is 0. The van der Waals surface area contributed by atoms with Crippen molar-refractivity contribution in [2.24, 2.45) is 0 Å². The molecule has 0 amide bonds. The van der Waals surface area contributed by atoms with Gasteiger partial charge in [-0.05, 0) is 6.42 Å². The molecule has 2 heteroatoms. The van der Waals surface area contributed by atoms with Gasteiger partial charge < -0.3 is 0 Å². The fourth-order valence-corrected chi connectivity index (χ4v) is 0. The van der Waals surface area contributed by atoms with Crippen LogP contribution in [0, 0.1) is 0 Å². The van der Waals surface area contributed by atoms with Crippen molar-refractivity contribution >= 4 is 28.6 Å². The second kappa shape index (κ2) is 8.84. The van der Waals surface area contributed by atoms with Gasteiger partial charge in [-0.3, -0.25) is 0 Å². The summed E-state index contributed by atoms with van der Waals surface area (Å²) in [5.41, 5.74) is 0. The summed E-state index contributed by atoms with van der Waals surface area (Å²) in [5.74, 6) is 0.792. The van der Waals surface area contributed by atoms with Crippen LogP contribution in [0.25, 0.3) is 0 Å². The predicted molar refractivity (Wildman–Crippen MR) is 31.3 cm³/mol. The van der Waals surface area contributed by atoms with Crippen LogP contribution < -0.4 is 0 Å². The van der Waals surface area contributed by atoms with Gasteiger partial charge in [0.15, 0.2) is 0 Å². The normalized spacial score (nSPS) is 6.00. The molecule has 0 saturated heterocycles. The van der Waals surface area contributed by atoms with Crippen LogP contribution in [0.15, 0.2) is 0 Å². The molecule has 0 spiro atoms. The van der Waals surface area contributed by atoms with Crippen molar-refractivity contribution in [3.05, 3.63) is 0 Å². The van der Waals surface area contributed by atoms with E-state index in [0.29, 0.717) is 0 Å². The van der Waals surface area contributed by atoms with E-state index in [1.165, 1.54) is 0 Å². The lowest BCUT2D eigenvalue weighted by Crippen LogP contribution is -1.55. The number of alkyl halides is 1. The van der Waals surface area contributed by atoms with Crippen LogP contribution in [0.2, 0.25) is 0 Å². The third-order valence-electron chi connectivity index (χ3n) is 0.189. The standard InChI is InChI=1S/C3H7Cl.BrH/c1-2-3-4;/h2-3H2,1H3;1H. The molecular formula is C3H8BrCl. The summed E-state index contributed by atoms with van der Waals surface area (Å²) >= 11 is 5.19. The van der Waals surface area contributed by atoms with Gasteiger partial charge in [0.1, 0.15) is 0 Å². The number of hydrogen-bond acceptors (Lipinski definition) is 0. The van der Waals surface area contributed by atoms with Crippen molar-refractivity contribution in [2.75, 3.05) is 5.88 Å².